The van der Waals surface area contributed by atoms with E-state index in [0.29, 0.717) is 10.7 Å². The van der Waals surface area contributed by atoms with Crippen molar-refractivity contribution in [3.63, 3.8) is 0 Å². The Labute approximate surface area is 190 Å². The van der Waals surface area contributed by atoms with Gasteiger partial charge in [0.15, 0.2) is 0 Å². The van der Waals surface area contributed by atoms with Gasteiger partial charge in [0.1, 0.15) is 17.2 Å². The fourth-order valence-electron chi connectivity index (χ4n) is 3.31. The zero-order chi connectivity index (χ0) is 22.7. The van der Waals surface area contributed by atoms with Crippen molar-refractivity contribution in [2.45, 2.75) is 40.2 Å². The number of rotatable bonds is 7. The van der Waals surface area contributed by atoms with Crippen LogP contribution in [0.25, 0.3) is 11.0 Å². The lowest BCUT2D eigenvalue weighted by Gasteiger charge is -2.04. The number of furan rings is 1. The molecule has 0 aliphatic rings. The highest BCUT2D eigenvalue weighted by Crippen LogP contribution is 2.25. The Morgan fingerprint density at radius 1 is 1.06 bits per heavy atom. The third kappa shape index (κ3) is 5.23. The quantitative estimate of drug-likeness (QED) is 0.389. The van der Waals surface area contributed by atoms with E-state index in [1.807, 2.05) is 57.2 Å². The summed E-state index contributed by atoms with van der Waals surface area (Å²) in [6, 6.07) is 11.6. The Morgan fingerprint density at radius 2 is 1.81 bits per heavy atom. The van der Waals surface area contributed by atoms with Gasteiger partial charge in [-0.15, -0.1) is 11.3 Å². The van der Waals surface area contributed by atoms with E-state index in [1.165, 1.54) is 11.3 Å². The predicted molar refractivity (Wildman–Crippen MR) is 125 cm³/mol. The van der Waals surface area contributed by atoms with Gasteiger partial charge in [-0.25, -0.2) is 4.98 Å². The standard InChI is InChI=1S/C25H24N2O4S/c1-15-4-6-19(7-5-15)26-23(28)11-24-27-20(14-32-24)13-31-25(29)10-18-12-30-22-9-17(3)16(2)8-21(18)22/h4-9,12,14H,10-11,13H2,1-3H3,(H,26,28). The minimum absolute atomic E-state index is 0.0723. The van der Waals surface area contributed by atoms with Gasteiger partial charge in [0.2, 0.25) is 5.91 Å². The molecule has 164 valence electrons. The molecule has 0 saturated carbocycles. The van der Waals surface area contributed by atoms with E-state index in [0.717, 1.165) is 38.9 Å². The van der Waals surface area contributed by atoms with Gasteiger partial charge in [-0.05, 0) is 56.2 Å². The lowest BCUT2D eigenvalue weighted by atomic mass is 10.0. The van der Waals surface area contributed by atoms with Gasteiger partial charge in [0.25, 0.3) is 0 Å². The van der Waals surface area contributed by atoms with Crippen LogP contribution in [0.4, 0.5) is 5.69 Å². The van der Waals surface area contributed by atoms with E-state index in [9.17, 15) is 9.59 Å². The van der Waals surface area contributed by atoms with Gasteiger partial charge >= 0.3 is 5.97 Å². The van der Waals surface area contributed by atoms with E-state index in [4.69, 9.17) is 9.15 Å². The highest BCUT2D eigenvalue weighted by molar-refractivity contribution is 7.09. The number of carbonyl (C=O) groups excluding carboxylic acids is 2. The Kier molecular flexibility index (Phi) is 6.37. The number of carbonyl (C=O) groups is 2. The maximum Gasteiger partial charge on any atom is 0.310 e. The summed E-state index contributed by atoms with van der Waals surface area (Å²) in [6.45, 7) is 6.13. The van der Waals surface area contributed by atoms with E-state index in [2.05, 4.69) is 10.3 Å². The summed E-state index contributed by atoms with van der Waals surface area (Å²) < 4.78 is 11.0. The monoisotopic (exact) mass is 448 g/mol. The summed E-state index contributed by atoms with van der Waals surface area (Å²) in [6.07, 6.45) is 1.91. The Morgan fingerprint density at radius 3 is 2.59 bits per heavy atom. The molecule has 1 amide bonds. The van der Waals surface area contributed by atoms with Crippen LogP contribution in [0.1, 0.15) is 33.0 Å². The number of hydrogen-bond donors (Lipinski definition) is 1. The van der Waals surface area contributed by atoms with Crippen LogP contribution in [0.2, 0.25) is 0 Å². The minimum atomic E-state index is -0.349. The van der Waals surface area contributed by atoms with E-state index in [1.54, 1.807) is 11.6 Å². The molecule has 0 aliphatic carbocycles. The molecule has 7 heteroatoms. The van der Waals surface area contributed by atoms with E-state index < -0.39 is 0 Å². The van der Waals surface area contributed by atoms with Crippen LogP contribution in [0.15, 0.2) is 52.5 Å². The average Bonchev–Trinajstić information content (AvgIpc) is 3.35. The van der Waals surface area contributed by atoms with Crippen LogP contribution in [0.5, 0.6) is 0 Å². The maximum absolute atomic E-state index is 12.3. The molecule has 6 nitrogen and oxygen atoms in total. The molecule has 32 heavy (non-hydrogen) atoms. The smallest absolute Gasteiger partial charge is 0.310 e. The summed E-state index contributed by atoms with van der Waals surface area (Å²) in [5, 5.41) is 6.27. The molecule has 0 saturated heterocycles. The number of anilines is 1. The summed E-state index contributed by atoms with van der Waals surface area (Å²) in [5.74, 6) is -0.485. The number of ether oxygens (including phenoxy) is 1. The van der Waals surface area contributed by atoms with Crippen molar-refractivity contribution in [3.05, 3.63) is 81.0 Å². The number of nitrogens with zero attached hydrogens (tertiary/aromatic N) is 1. The van der Waals surface area contributed by atoms with Crippen LogP contribution >= 0.6 is 11.3 Å². The Hall–Kier alpha value is -3.45. The molecule has 0 fully saturated rings. The van der Waals surface area contributed by atoms with Gasteiger partial charge in [-0.3, -0.25) is 9.59 Å². The molecule has 0 radical (unpaired) electrons. The van der Waals surface area contributed by atoms with Crippen LogP contribution in [-0.2, 0) is 33.8 Å². The average molecular weight is 449 g/mol. The lowest BCUT2D eigenvalue weighted by molar-refractivity contribution is -0.144. The van der Waals surface area contributed by atoms with Crippen molar-refractivity contribution >= 4 is 39.9 Å². The molecule has 4 aromatic rings. The number of hydrogen-bond acceptors (Lipinski definition) is 6. The number of benzene rings is 2. The molecule has 0 unspecified atom stereocenters. The Balaban J connectivity index is 1.29. The van der Waals surface area contributed by atoms with Crippen LogP contribution in [0.3, 0.4) is 0 Å². The van der Waals surface area contributed by atoms with Gasteiger partial charge < -0.3 is 14.5 Å². The van der Waals surface area contributed by atoms with Crippen molar-refractivity contribution in [1.29, 1.82) is 0 Å². The number of amides is 1. The normalized spacial score (nSPS) is 11.0. The first-order chi connectivity index (χ1) is 15.4. The predicted octanol–water partition coefficient (Wildman–Crippen LogP) is 5.28. The van der Waals surface area contributed by atoms with Crippen LogP contribution < -0.4 is 5.32 Å². The lowest BCUT2D eigenvalue weighted by Crippen LogP contribution is -2.14. The van der Waals surface area contributed by atoms with E-state index in [-0.39, 0.29) is 31.3 Å². The first-order valence-electron chi connectivity index (χ1n) is 10.3. The second kappa shape index (κ2) is 9.36. The number of fused-ring (bicyclic) bond motifs is 1. The molecule has 2 heterocycles. The van der Waals surface area contributed by atoms with E-state index >= 15 is 0 Å². The molecular weight excluding hydrogens is 424 g/mol. The summed E-state index contributed by atoms with van der Waals surface area (Å²) in [5.41, 5.74) is 6.38. The summed E-state index contributed by atoms with van der Waals surface area (Å²) >= 11 is 1.37. The number of aromatic nitrogens is 1. The van der Waals surface area contributed by atoms with Gasteiger partial charge in [0.05, 0.1) is 24.8 Å². The zero-order valence-corrected chi connectivity index (χ0v) is 19.0. The second-order valence-corrected chi connectivity index (χ2v) is 8.80. The molecule has 1 N–H and O–H groups in total. The number of esters is 1. The second-order valence-electron chi connectivity index (χ2n) is 7.85. The zero-order valence-electron chi connectivity index (χ0n) is 18.2. The minimum Gasteiger partial charge on any atom is -0.464 e. The SMILES string of the molecule is Cc1ccc(NC(=O)Cc2nc(COC(=O)Cc3coc4cc(C)c(C)cc34)cs2)cc1. The fraction of sp³-hybridized carbons (Fsp3) is 0.240. The number of nitrogens with one attached hydrogen (secondary N) is 1. The van der Waals surface area contributed by atoms with Crippen molar-refractivity contribution in [1.82, 2.24) is 4.98 Å². The van der Waals surface area contributed by atoms with Crippen molar-refractivity contribution < 1.29 is 18.7 Å². The first-order valence-corrected chi connectivity index (χ1v) is 11.2. The molecule has 0 bridgehead atoms. The third-order valence-corrected chi connectivity index (χ3v) is 6.13. The largest absolute Gasteiger partial charge is 0.464 e. The number of aryl methyl sites for hydroxylation is 3. The third-order valence-electron chi connectivity index (χ3n) is 5.23. The van der Waals surface area contributed by atoms with Gasteiger partial charge in [-0.2, -0.15) is 0 Å². The summed E-state index contributed by atoms with van der Waals surface area (Å²) in [7, 11) is 0. The fourth-order valence-corrected chi connectivity index (χ4v) is 4.09. The first kappa shape index (κ1) is 21.8. The van der Waals surface area contributed by atoms with Crippen molar-refractivity contribution in [2.75, 3.05) is 5.32 Å². The van der Waals surface area contributed by atoms with Crippen LogP contribution in [0, 0.1) is 20.8 Å². The molecule has 2 aromatic carbocycles. The topological polar surface area (TPSA) is 81.4 Å². The Bertz CT molecular complexity index is 1270. The molecule has 2 aromatic heterocycles. The molecule has 0 aliphatic heterocycles. The van der Waals surface area contributed by atoms with Crippen LogP contribution in [-0.4, -0.2) is 16.9 Å². The molecular formula is C25H24N2O4S. The van der Waals surface area contributed by atoms with Gasteiger partial charge in [-0.1, -0.05) is 17.7 Å². The molecule has 4 rings (SSSR count). The molecule has 0 spiro atoms. The highest BCUT2D eigenvalue weighted by Gasteiger charge is 2.14. The number of thiazole rings is 1. The van der Waals surface area contributed by atoms with Crippen molar-refractivity contribution in [3.8, 4) is 0 Å². The highest BCUT2D eigenvalue weighted by atomic mass is 32.1. The molecule has 0 atom stereocenters. The van der Waals surface area contributed by atoms with Crippen molar-refractivity contribution in [2.24, 2.45) is 0 Å². The summed E-state index contributed by atoms with van der Waals surface area (Å²) in [4.78, 5) is 29.0. The van der Waals surface area contributed by atoms with Gasteiger partial charge in [0, 0.05) is 22.0 Å². The maximum atomic E-state index is 12.3.